The molecule has 0 bridgehead atoms. The van der Waals surface area contributed by atoms with Crippen LogP contribution in [0.5, 0.6) is 0 Å². The number of amides is 1. The lowest BCUT2D eigenvalue weighted by Gasteiger charge is -2.07. The molecule has 5 nitrogen and oxygen atoms in total. The number of nitrogens with one attached hydrogen (secondary N) is 1. The van der Waals surface area contributed by atoms with Crippen molar-refractivity contribution >= 4 is 28.4 Å². The van der Waals surface area contributed by atoms with Gasteiger partial charge in [-0.25, -0.2) is 0 Å². The molecule has 25 heavy (non-hydrogen) atoms. The van der Waals surface area contributed by atoms with Gasteiger partial charge in [0.25, 0.3) is 0 Å². The van der Waals surface area contributed by atoms with Crippen molar-refractivity contribution in [3.8, 4) is 0 Å². The van der Waals surface area contributed by atoms with E-state index in [1.807, 2.05) is 11.6 Å². The van der Waals surface area contributed by atoms with Crippen LogP contribution in [0.25, 0.3) is 10.8 Å². The molecule has 0 radical (unpaired) electrons. The van der Waals surface area contributed by atoms with Crippen molar-refractivity contribution in [3.05, 3.63) is 53.9 Å². The topological polar surface area (TPSA) is 59.8 Å². The zero-order valence-corrected chi connectivity index (χ0v) is 14.9. The van der Waals surface area contributed by atoms with Crippen LogP contribution in [0.1, 0.15) is 24.2 Å². The van der Waals surface area contributed by atoms with Crippen LogP contribution in [0.15, 0.2) is 47.6 Å². The van der Waals surface area contributed by atoms with Crippen LogP contribution in [0.2, 0.25) is 0 Å². The number of thioether (sulfide) groups is 1. The Morgan fingerprint density at radius 1 is 1.20 bits per heavy atom. The first-order valence-electron chi connectivity index (χ1n) is 8.48. The lowest BCUT2D eigenvalue weighted by atomic mass is 10.0. The molecule has 0 atom stereocenters. The van der Waals surface area contributed by atoms with E-state index in [1.54, 1.807) is 0 Å². The van der Waals surface area contributed by atoms with Gasteiger partial charge in [0.15, 0.2) is 5.16 Å². The zero-order chi connectivity index (χ0) is 17.2. The van der Waals surface area contributed by atoms with E-state index in [2.05, 4.69) is 58.0 Å². The molecule has 1 N–H and O–H groups in total. The van der Waals surface area contributed by atoms with Crippen LogP contribution in [-0.2, 0) is 18.3 Å². The van der Waals surface area contributed by atoms with Gasteiger partial charge in [0.05, 0.1) is 5.75 Å². The van der Waals surface area contributed by atoms with E-state index in [1.165, 1.54) is 28.1 Å². The fraction of sp³-hybridized carbons (Fsp3) is 0.316. The highest BCUT2D eigenvalue weighted by atomic mass is 32.2. The minimum absolute atomic E-state index is 0.0751. The summed E-state index contributed by atoms with van der Waals surface area (Å²) in [4.78, 5) is 11.8. The van der Waals surface area contributed by atoms with E-state index in [9.17, 15) is 4.79 Å². The fourth-order valence-corrected chi connectivity index (χ4v) is 3.61. The number of fused-ring (bicyclic) bond motifs is 1. The van der Waals surface area contributed by atoms with Gasteiger partial charge in [-0.05, 0) is 29.2 Å². The van der Waals surface area contributed by atoms with Crippen LogP contribution >= 0.6 is 11.8 Å². The van der Waals surface area contributed by atoms with E-state index < -0.39 is 0 Å². The van der Waals surface area contributed by atoms with E-state index in [0.29, 0.717) is 11.8 Å². The molecule has 0 unspecified atom stereocenters. The molecule has 6 heteroatoms. The Morgan fingerprint density at radius 3 is 2.84 bits per heavy atom. The molecular formula is C19H20N4OS. The van der Waals surface area contributed by atoms with Crippen molar-refractivity contribution in [2.24, 2.45) is 7.05 Å². The summed E-state index contributed by atoms with van der Waals surface area (Å²) in [5.74, 6) is 1.36. The Hall–Kier alpha value is -2.34. The van der Waals surface area contributed by atoms with Crippen molar-refractivity contribution in [3.63, 3.8) is 0 Å². The second-order valence-electron chi connectivity index (χ2n) is 6.40. The Bertz CT molecular complexity index is 911. The summed E-state index contributed by atoms with van der Waals surface area (Å²) in [6.07, 6.45) is 2.94. The van der Waals surface area contributed by atoms with Gasteiger partial charge in [-0.3, -0.25) is 4.79 Å². The number of aromatic nitrogens is 3. The fourth-order valence-electron chi connectivity index (χ4n) is 2.87. The van der Waals surface area contributed by atoms with Crippen LogP contribution in [0.4, 0.5) is 0 Å². The summed E-state index contributed by atoms with van der Waals surface area (Å²) < 4.78 is 1.98. The van der Waals surface area contributed by atoms with Gasteiger partial charge < -0.3 is 9.88 Å². The van der Waals surface area contributed by atoms with Crippen LogP contribution in [0.3, 0.4) is 0 Å². The van der Waals surface area contributed by atoms with Crippen molar-refractivity contribution in [2.45, 2.75) is 30.5 Å². The lowest BCUT2D eigenvalue weighted by molar-refractivity contribution is -0.118. The van der Waals surface area contributed by atoms with E-state index in [-0.39, 0.29) is 5.91 Å². The first-order chi connectivity index (χ1) is 12.2. The third kappa shape index (κ3) is 3.69. The number of hydrogen-bond donors (Lipinski definition) is 1. The van der Waals surface area contributed by atoms with Gasteiger partial charge in [0.1, 0.15) is 5.82 Å². The Labute approximate surface area is 150 Å². The summed E-state index contributed by atoms with van der Waals surface area (Å²) >= 11 is 1.44. The van der Waals surface area contributed by atoms with E-state index in [0.717, 1.165) is 30.2 Å². The van der Waals surface area contributed by atoms with Gasteiger partial charge in [0.2, 0.25) is 5.91 Å². The lowest BCUT2D eigenvalue weighted by Crippen LogP contribution is -2.27. The molecule has 1 heterocycles. The molecule has 2 aromatic carbocycles. The molecule has 1 saturated carbocycles. The van der Waals surface area contributed by atoms with Crippen LogP contribution in [-0.4, -0.2) is 32.5 Å². The van der Waals surface area contributed by atoms with E-state index in [4.69, 9.17) is 0 Å². The maximum Gasteiger partial charge on any atom is 0.230 e. The van der Waals surface area contributed by atoms with Gasteiger partial charge in [-0.1, -0.05) is 54.2 Å². The second-order valence-corrected chi connectivity index (χ2v) is 7.35. The molecule has 0 saturated heterocycles. The quantitative estimate of drug-likeness (QED) is 0.693. The smallest absolute Gasteiger partial charge is 0.230 e. The van der Waals surface area contributed by atoms with E-state index >= 15 is 0 Å². The second kappa shape index (κ2) is 6.88. The Morgan fingerprint density at radius 2 is 2.00 bits per heavy atom. The largest absolute Gasteiger partial charge is 0.353 e. The average Bonchev–Trinajstić information content (AvgIpc) is 3.37. The van der Waals surface area contributed by atoms with Gasteiger partial charge >= 0.3 is 0 Å². The SMILES string of the molecule is Cn1c(Cc2cccc3ccccc23)nnc1SCC(=O)NC1CC1. The molecule has 1 amide bonds. The predicted octanol–water partition coefficient (Wildman–Crippen LogP) is 2.93. The molecule has 1 aliphatic rings. The number of benzene rings is 2. The molecule has 0 aliphatic heterocycles. The maximum absolute atomic E-state index is 11.8. The van der Waals surface area contributed by atoms with Gasteiger partial charge in [0, 0.05) is 19.5 Å². The number of carbonyl (C=O) groups is 1. The van der Waals surface area contributed by atoms with Crippen LogP contribution in [0, 0.1) is 0 Å². The summed E-state index contributed by atoms with van der Waals surface area (Å²) in [7, 11) is 1.96. The van der Waals surface area contributed by atoms with Crippen molar-refractivity contribution in [2.75, 3.05) is 5.75 Å². The minimum atomic E-state index is 0.0751. The molecular weight excluding hydrogens is 332 g/mol. The summed E-state index contributed by atoms with van der Waals surface area (Å²) in [6, 6.07) is 15.1. The Balaban J connectivity index is 1.47. The number of nitrogens with zero attached hydrogens (tertiary/aromatic N) is 3. The highest BCUT2D eigenvalue weighted by molar-refractivity contribution is 7.99. The molecule has 3 aromatic rings. The molecule has 1 aliphatic carbocycles. The third-order valence-corrected chi connectivity index (χ3v) is 5.45. The number of hydrogen-bond acceptors (Lipinski definition) is 4. The average molecular weight is 352 g/mol. The molecule has 1 aromatic heterocycles. The zero-order valence-electron chi connectivity index (χ0n) is 14.1. The summed E-state index contributed by atoms with van der Waals surface area (Å²) in [6.45, 7) is 0. The molecule has 1 fully saturated rings. The third-order valence-electron chi connectivity index (χ3n) is 4.43. The highest BCUT2D eigenvalue weighted by Gasteiger charge is 2.23. The van der Waals surface area contributed by atoms with Gasteiger partial charge in [-0.2, -0.15) is 0 Å². The van der Waals surface area contributed by atoms with Crippen molar-refractivity contribution < 1.29 is 4.79 Å². The highest BCUT2D eigenvalue weighted by Crippen LogP contribution is 2.23. The number of carbonyl (C=O) groups excluding carboxylic acids is 1. The number of rotatable bonds is 6. The van der Waals surface area contributed by atoms with Gasteiger partial charge in [-0.15, -0.1) is 10.2 Å². The molecule has 4 rings (SSSR count). The first kappa shape index (κ1) is 16.1. The minimum Gasteiger partial charge on any atom is -0.353 e. The normalized spacial score (nSPS) is 14.0. The Kier molecular flexibility index (Phi) is 4.44. The molecule has 0 spiro atoms. The van der Waals surface area contributed by atoms with Crippen molar-refractivity contribution in [1.82, 2.24) is 20.1 Å². The molecule has 128 valence electrons. The monoisotopic (exact) mass is 352 g/mol. The summed E-state index contributed by atoms with van der Waals surface area (Å²) in [5, 5.41) is 14.8. The van der Waals surface area contributed by atoms with Crippen LogP contribution < -0.4 is 5.32 Å². The van der Waals surface area contributed by atoms with Crippen molar-refractivity contribution in [1.29, 1.82) is 0 Å². The summed E-state index contributed by atoms with van der Waals surface area (Å²) in [5.41, 5.74) is 1.23. The maximum atomic E-state index is 11.8. The standard InChI is InChI=1S/C19H20N4OS/c1-23-17(11-14-7-4-6-13-5-2-3-8-16(13)14)21-22-19(23)25-12-18(24)20-15-9-10-15/h2-8,15H,9-12H2,1H3,(H,20,24). The predicted molar refractivity (Wildman–Crippen MR) is 99.6 cm³/mol. The first-order valence-corrected chi connectivity index (χ1v) is 9.46.